The Bertz CT molecular complexity index is 1210. The van der Waals surface area contributed by atoms with Crippen molar-refractivity contribution in [3.63, 3.8) is 0 Å². The number of benzene rings is 3. The molecule has 0 saturated carbocycles. The van der Waals surface area contributed by atoms with Crippen LogP contribution >= 0.6 is 0 Å². The van der Waals surface area contributed by atoms with Gasteiger partial charge in [0.15, 0.2) is 23.9 Å². The molecule has 0 aromatic heterocycles. The van der Waals surface area contributed by atoms with E-state index in [4.69, 9.17) is 14.2 Å². The third-order valence-corrected chi connectivity index (χ3v) is 4.97. The van der Waals surface area contributed by atoms with E-state index in [2.05, 4.69) is 5.32 Å². The van der Waals surface area contributed by atoms with Crippen LogP contribution in [0.2, 0.25) is 0 Å². The Balaban J connectivity index is 1.69. The van der Waals surface area contributed by atoms with Gasteiger partial charge in [0.25, 0.3) is 5.91 Å². The Kier molecular flexibility index (Phi) is 8.95. The van der Waals surface area contributed by atoms with Crippen molar-refractivity contribution in [1.82, 2.24) is 5.32 Å². The number of ether oxygens (including phenoxy) is 3. The molecule has 3 rings (SSSR count). The van der Waals surface area contributed by atoms with Gasteiger partial charge in [-0.3, -0.25) is 9.59 Å². The van der Waals surface area contributed by atoms with Gasteiger partial charge in [0, 0.05) is 23.2 Å². The van der Waals surface area contributed by atoms with Crippen LogP contribution in [-0.2, 0) is 16.1 Å². The largest absolute Gasteiger partial charge is 0.490 e. The predicted octanol–water partition coefficient (Wildman–Crippen LogP) is 4.33. The van der Waals surface area contributed by atoms with Gasteiger partial charge >= 0.3 is 5.97 Å². The maximum atomic E-state index is 13.7. The molecule has 0 aliphatic heterocycles. The lowest BCUT2D eigenvalue weighted by molar-refractivity contribution is -0.124. The summed E-state index contributed by atoms with van der Waals surface area (Å²) in [7, 11) is 0. The summed E-state index contributed by atoms with van der Waals surface area (Å²) in [6.07, 6.45) is 0. The quantitative estimate of drug-likeness (QED) is 0.325. The normalized spacial score (nSPS) is 10.4. The van der Waals surface area contributed by atoms with Crippen LogP contribution in [0.5, 0.6) is 11.5 Å². The SMILES string of the molecule is CCOc1ccc(C(=O)c2ccccc2C(=O)OCC(=O)NCc2ccccc2F)cc1OCC. The molecule has 3 aromatic carbocycles. The van der Waals surface area contributed by atoms with Crippen molar-refractivity contribution < 1.29 is 33.0 Å². The zero-order valence-corrected chi connectivity index (χ0v) is 19.5. The highest BCUT2D eigenvalue weighted by atomic mass is 19.1. The third-order valence-electron chi connectivity index (χ3n) is 4.97. The van der Waals surface area contributed by atoms with E-state index < -0.39 is 30.1 Å². The van der Waals surface area contributed by atoms with Crippen molar-refractivity contribution in [3.8, 4) is 11.5 Å². The minimum absolute atomic E-state index is 0.0197. The van der Waals surface area contributed by atoms with Gasteiger partial charge in [-0.15, -0.1) is 0 Å². The first kappa shape index (κ1) is 25.4. The van der Waals surface area contributed by atoms with Crippen molar-refractivity contribution in [2.45, 2.75) is 20.4 Å². The molecular formula is C27H26FNO6. The van der Waals surface area contributed by atoms with E-state index in [-0.39, 0.29) is 17.7 Å². The Morgan fingerprint density at radius 1 is 0.829 bits per heavy atom. The molecule has 35 heavy (non-hydrogen) atoms. The van der Waals surface area contributed by atoms with E-state index in [1.165, 1.54) is 18.2 Å². The van der Waals surface area contributed by atoms with Crippen molar-refractivity contribution in [1.29, 1.82) is 0 Å². The Morgan fingerprint density at radius 3 is 2.20 bits per heavy atom. The zero-order valence-electron chi connectivity index (χ0n) is 19.5. The minimum Gasteiger partial charge on any atom is -0.490 e. The number of hydrogen-bond acceptors (Lipinski definition) is 6. The second-order valence-corrected chi connectivity index (χ2v) is 7.35. The second kappa shape index (κ2) is 12.3. The number of carbonyl (C=O) groups is 3. The lowest BCUT2D eigenvalue weighted by atomic mass is 9.98. The highest BCUT2D eigenvalue weighted by molar-refractivity contribution is 6.14. The lowest BCUT2D eigenvalue weighted by Gasteiger charge is -2.13. The first-order valence-corrected chi connectivity index (χ1v) is 11.1. The van der Waals surface area contributed by atoms with E-state index in [0.717, 1.165) is 0 Å². The van der Waals surface area contributed by atoms with Crippen LogP contribution in [0.4, 0.5) is 4.39 Å². The molecule has 1 N–H and O–H groups in total. The summed E-state index contributed by atoms with van der Waals surface area (Å²) in [5, 5.41) is 2.49. The molecule has 0 aliphatic carbocycles. The monoisotopic (exact) mass is 479 g/mol. The molecule has 0 fully saturated rings. The summed E-state index contributed by atoms with van der Waals surface area (Å²) in [4.78, 5) is 38.0. The van der Waals surface area contributed by atoms with Gasteiger partial charge in [0.1, 0.15) is 5.82 Å². The number of ketones is 1. The van der Waals surface area contributed by atoms with Gasteiger partial charge in [-0.05, 0) is 44.2 Å². The molecule has 0 saturated heterocycles. The highest BCUT2D eigenvalue weighted by Crippen LogP contribution is 2.30. The maximum Gasteiger partial charge on any atom is 0.339 e. The molecule has 0 aliphatic rings. The van der Waals surface area contributed by atoms with E-state index in [9.17, 15) is 18.8 Å². The Morgan fingerprint density at radius 2 is 1.49 bits per heavy atom. The smallest absolute Gasteiger partial charge is 0.339 e. The molecule has 0 heterocycles. The summed E-state index contributed by atoms with van der Waals surface area (Å²) >= 11 is 0. The number of esters is 1. The van der Waals surface area contributed by atoms with Gasteiger partial charge in [0.05, 0.1) is 18.8 Å². The van der Waals surface area contributed by atoms with Crippen LogP contribution < -0.4 is 14.8 Å². The third kappa shape index (κ3) is 6.66. The van der Waals surface area contributed by atoms with Gasteiger partial charge in [-0.1, -0.05) is 36.4 Å². The average Bonchev–Trinajstić information content (AvgIpc) is 2.87. The fourth-order valence-electron chi connectivity index (χ4n) is 3.30. The fraction of sp³-hybridized carbons (Fsp3) is 0.222. The molecular weight excluding hydrogens is 453 g/mol. The number of rotatable bonds is 11. The van der Waals surface area contributed by atoms with Gasteiger partial charge in [-0.25, -0.2) is 9.18 Å². The van der Waals surface area contributed by atoms with Crippen LogP contribution in [0.15, 0.2) is 66.7 Å². The number of nitrogens with one attached hydrogen (secondary N) is 1. The standard InChI is InChI=1S/C27H26FNO6/c1-3-33-23-14-13-18(15-24(23)34-4-2)26(31)20-10-6-7-11-21(20)27(32)35-17-25(30)29-16-19-9-5-8-12-22(19)28/h5-15H,3-4,16-17H2,1-2H3,(H,29,30). The summed E-state index contributed by atoms with van der Waals surface area (Å²) in [6, 6.07) is 17.0. The summed E-state index contributed by atoms with van der Waals surface area (Å²) in [5.74, 6) is -1.35. The van der Waals surface area contributed by atoms with E-state index >= 15 is 0 Å². The predicted molar refractivity (Wildman–Crippen MR) is 127 cm³/mol. The number of hydrogen-bond donors (Lipinski definition) is 1. The maximum absolute atomic E-state index is 13.7. The molecule has 3 aromatic rings. The van der Waals surface area contributed by atoms with Crippen LogP contribution in [0.3, 0.4) is 0 Å². The number of halogens is 1. The molecule has 0 unspecified atom stereocenters. The van der Waals surface area contributed by atoms with Gasteiger partial charge in [-0.2, -0.15) is 0 Å². The number of amides is 1. The van der Waals surface area contributed by atoms with Crippen LogP contribution in [-0.4, -0.2) is 37.5 Å². The molecule has 0 radical (unpaired) electrons. The molecule has 8 heteroatoms. The van der Waals surface area contributed by atoms with Crippen molar-refractivity contribution in [3.05, 3.63) is 94.8 Å². The Hall–Kier alpha value is -4.20. The number of carbonyl (C=O) groups excluding carboxylic acids is 3. The summed E-state index contributed by atoms with van der Waals surface area (Å²) < 4.78 is 29.9. The fourth-order valence-corrected chi connectivity index (χ4v) is 3.30. The van der Waals surface area contributed by atoms with Gasteiger partial charge in [0.2, 0.25) is 0 Å². The summed E-state index contributed by atoms with van der Waals surface area (Å²) in [5.41, 5.74) is 0.756. The van der Waals surface area contributed by atoms with Crippen LogP contribution in [0, 0.1) is 5.82 Å². The molecule has 0 spiro atoms. The topological polar surface area (TPSA) is 90.9 Å². The first-order chi connectivity index (χ1) is 16.9. The van der Waals surface area contributed by atoms with E-state index in [0.29, 0.717) is 35.8 Å². The van der Waals surface area contributed by atoms with Crippen LogP contribution in [0.25, 0.3) is 0 Å². The molecule has 0 atom stereocenters. The van der Waals surface area contributed by atoms with E-state index in [1.54, 1.807) is 48.5 Å². The molecule has 7 nitrogen and oxygen atoms in total. The van der Waals surface area contributed by atoms with Crippen molar-refractivity contribution in [2.75, 3.05) is 19.8 Å². The molecule has 0 bridgehead atoms. The Labute approximate surface area is 202 Å². The van der Waals surface area contributed by atoms with Crippen molar-refractivity contribution >= 4 is 17.7 Å². The lowest BCUT2D eigenvalue weighted by Crippen LogP contribution is -2.29. The zero-order chi connectivity index (χ0) is 25.2. The summed E-state index contributed by atoms with van der Waals surface area (Å²) in [6.45, 7) is 3.87. The van der Waals surface area contributed by atoms with Gasteiger partial charge < -0.3 is 19.5 Å². The molecule has 1 amide bonds. The minimum atomic E-state index is -0.828. The highest BCUT2D eigenvalue weighted by Gasteiger charge is 2.21. The first-order valence-electron chi connectivity index (χ1n) is 11.1. The second-order valence-electron chi connectivity index (χ2n) is 7.35. The van der Waals surface area contributed by atoms with E-state index in [1.807, 2.05) is 13.8 Å². The average molecular weight is 480 g/mol. The molecule has 182 valence electrons. The van der Waals surface area contributed by atoms with Crippen molar-refractivity contribution in [2.24, 2.45) is 0 Å². The van der Waals surface area contributed by atoms with Crippen LogP contribution in [0.1, 0.15) is 45.7 Å².